The van der Waals surface area contributed by atoms with Gasteiger partial charge >= 0.3 is 18.4 Å². The SMILES string of the molecule is N#Cc1ccc(NC(=O)Nc2cc(Cl)ccc2O)cc1.O=C(Nc1ccc(OC(F)(F)F)cc1)Nc1cc(Cl)ccc1O. The van der Waals surface area contributed by atoms with Crippen LogP contribution in [0.1, 0.15) is 5.56 Å². The summed E-state index contributed by atoms with van der Waals surface area (Å²) in [5, 5.41) is 38.3. The van der Waals surface area contributed by atoms with E-state index in [0.29, 0.717) is 21.3 Å². The molecule has 0 heterocycles. The third-order valence-electron chi connectivity index (χ3n) is 5.03. The number of urea groups is 2. The molecule has 15 heteroatoms. The molecule has 0 unspecified atom stereocenters. The molecule has 0 radical (unpaired) electrons. The van der Waals surface area contributed by atoms with Crippen LogP contribution in [0.3, 0.4) is 0 Å². The summed E-state index contributed by atoms with van der Waals surface area (Å²) in [4.78, 5) is 23.5. The Labute approximate surface area is 252 Å². The minimum Gasteiger partial charge on any atom is -0.506 e. The molecular formula is C28H20Cl2F3N5O5. The van der Waals surface area contributed by atoms with Crippen molar-refractivity contribution >= 4 is 58.0 Å². The van der Waals surface area contributed by atoms with Crippen LogP contribution in [0, 0.1) is 11.3 Å². The first-order valence-corrected chi connectivity index (χ1v) is 12.6. The first kappa shape index (κ1) is 32.2. The highest BCUT2D eigenvalue weighted by Gasteiger charge is 2.31. The van der Waals surface area contributed by atoms with E-state index in [1.54, 1.807) is 24.3 Å². The van der Waals surface area contributed by atoms with Gasteiger partial charge in [-0.15, -0.1) is 13.2 Å². The Balaban J connectivity index is 0.000000238. The zero-order chi connectivity index (χ0) is 31.6. The van der Waals surface area contributed by atoms with Gasteiger partial charge in [-0.1, -0.05) is 23.2 Å². The van der Waals surface area contributed by atoms with Gasteiger partial charge in [0.05, 0.1) is 23.0 Å². The number of nitrogens with one attached hydrogen (secondary N) is 4. The van der Waals surface area contributed by atoms with Gasteiger partial charge in [0.1, 0.15) is 17.2 Å². The zero-order valence-electron chi connectivity index (χ0n) is 21.5. The van der Waals surface area contributed by atoms with Crippen molar-refractivity contribution in [2.75, 3.05) is 21.3 Å². The number of benzene rings is 4. The predicted molar refractivity (Wildman–Crippen MR) is 156 cm³/mol. The molecule has 0 aliphatic rings. The van der Waals surface area contributed by atoms with Crippen molar-refractivity contribution < 1.29 is 37.7 Å². The van der Waals surface area contributed by atoms with Crippen LogP contribution in [0.25, 0.3) is 0 Å². The van der Waals surface area contributed by atoms with E-state index in [2.05, 4.69) is 26.0 Å². The quantitative estimate of drug-likeness (QED) is 0.122. The van der Waals surface area contributed by atoms with Crippen LogP contribution in [0.15, 0.2) is 84.9 Å². The zero-order valence-corrected chi connectivity index (χ0v) is 23.1. The fourth-order valence-corrected chi connectivity index (χ4v) is 3.50. The lowest BCUT2D eigenvalue weighted by Gasteiger charge is -2.11. The number of alkyl halides is 3. The lowest BCUT2D eigenvalue weighted by molar-refractivity contribution is -0.274. The first-order chi connectivity index (χ1) is 20.3. The Hall–Kier alpha value is -5.32. The van der Waals surface area contributed by atoms with E-state index in [4.69, 9.17) is 28.5 Å². The summed E-state index contributed by atoms with van der Waals surface area (Å²) in [7, 11) is 0. The topological polar surface area (TPSA) is 156 Å². The van der Waals surface area contributed by atoms with E-state index in [1.807, 2.05) is 6.07 Å². The van der Waals surface area contributed by atoms with Crippen LogP contribution in [0.4, 0.5) is 45.5 Å². The third kappa shape index (κ3) is 10.9. The highest BCUT2D eigenvalue weighted by molar-refractivity contribution is 6.31. The molecule has 0 bridgehead atoms. The molecule has 4 aromatic carbocycles. The lowest BCUT2D eigenvalue weighted by Crippen LogP contribution is -2.19. The van der Waals surface area contributed by atoms with Crippen molar-refractivity contribution in [2.24, 2.45) is 0 Å². The molecule has 0 aromatic heterocycles. The van der Waals surface area contributed by atoms with Gasteiger partial charge in [0, 0.05) is 21.4 Å². The third-order valence-corrected chi connectivity index (χ3v) is 5.50. The Bertz CT molecular complexity index is 1630. The number of phenolic OH excluding ortho intramolecular Hbond substituents is 2. The molecular weight excluding hydrogens is 614 g/mol. The van der Waals surface area contributed by atoms with Gasteiger partial charge in [-0.05, 0) is 84.9 Å². The standard InChI is InChI=1S/C14H10ClF3N2O3.C14H10ClN3O2/c15-8-1-6-12(21)11(7-8)20-13(22)19-9-2-4-10(5-3-9)23-14(16,17)18;15-10-3-6-13(19)12(7-10)18-14(20)17-11-4-1-9(8-16)2-5-11/h1-7,21H,(H2,19,20,22);1-7,19H,(H2,17,18,20). The summed E-state index contributed by atoms with van der Waals surface area (Å²) in [6.07, 6.45) is -4.78. The number of halogens is 5. The van der Waals surface area contributed by atoms with Crippen molar-refractivity contribution in [3.8, 4) is 23.3 Å². The fraction of sp³-hybridized carbons (Fsp3) is 0.0357. The van der Waals surface area contributed by atoms with E-state index < -0.39 is 24.2 Å². The predicted octanol–water partition coefficient (Wildman–Crippen LogP) is 8.15. The highest BCUT2D eigenvalue weighted by atomic mass is 35.5. The number of phenols is 2. The van der Waals surface area contributed by atoms with Gasteiger partial charge in [0.15, 0.2) is 0 Å². The maximum Gasteiger partial charge on any atom is 0.573 e. The number of hydrogen-bond donors (Lipinski definition) is 6. The Morgan fingerprint density at radius 1 is 0.698 bits per heavy atom. The van der Waals surface area contributed by atoms with Crippen molar-refractivity contribution in [2.45, 2.75) is 6.36 Å². The molecule has 0 aliphatic heterocycles. The number of carbonyl (C=O) groups is 2. The molecule has 0 saturated heterocycles. The fourth-order valence-electron chi connectivity index (χ4n) is 3.15. The van der Waals surface area contributed by atoms with Crippen molar-refractivity contribution in [3.05, 3.63) is 101 Å². The van der Waals surface area contributed by atoms with Gasteiger partial charge < -0.3 is 36.2 Å². The molecule has 4 amide bonds. The van der Waals surface area contributed by atoms with Crippen LogP contribution in [-0.4, -0.2) is 28.6 Å². The molecule has 0 atom stereocenters. The van der Waals surface area contributed by atoms with Crippen LogP contribution in [0.5, 0.6) is 17.2 Å². The maximum atomic E-state index is 12.0. The Morgan fingerprint density at radius 3 is 1.51 bits per heavy atom. The van der Waals surface area contributed by atoms with Gasteiger partial charge in [-0.3, -0.25) is 0 Å². The molecule has 6 N–H and O–H groups in total. The van der Waals surface area contributed by atoms with Crippen LogP contribution in [0.2, 0.25) is 10.0 Å². The number of amides is 4. The molecule has 0 fully saturated rings. The van der Waals surface area contributed by atoms with Gasteiger partial charge in [0.2, 0.25) is 0 Å². The summed E-state index contributed by atoms with van der Waals surface area (Å²) in [6, 6.07) is 20.2. The van der Waals surface area contributed by atoms with E-state index in [0.717, 1.165) is 12.1 Å². The Morgan fingerprint density at radius 2 is 1.12 bits per heavy atom. The van der Waals surface area contributed by atoms with Gasteiger partial charge in [-0.25, -0.2) is 9.59 Å². The van der Waals surface area contributed by atoms with Gasteiger partial charge in [0.25, 0.3) is 0 Å². The van der Waals surface area contributed by atoms with Crippen molar-refractivity contribution in [1.82, 2.24) is 0 Å². The van der Waals surface area contributed by atoms with Crippen LogP contribution < -0.4 is 26.0 Å². The summed E-state index contributed by atoms with van der Waals surface area (Å²) in [5.41, 5.74) is 1.57. The molecule has 222 valence electrons. The normalized spacial score (nSPS) is 10.3. The Kier molecular flexibility index (Phi) is 10.9. The summed E-state index contributed by atoms with van der Waals surface area (Å²) >= 11 is 11.5. The highest BCUT2D eigenvalue weighted by Crippen LogP contribution is 2.28. The second kappa shape index (κ2) is 14.5. The number of nitrogens with zero attached hydrogens (tertiary/aromatic N) is 1. The maximum absolute atomic E-state index is 12.0. The minimum absolute atomic E-state index is 0.0793. The lowest BCUT2D eigenvalue weighted by atomic mass is 10.2. The number of nitriles is 1. The average Bonchev–Trinajstić information content (AvgIpc) is 2.94. The molecule has 0 aliphatic carbocycles. The summed E-state index contributed by atoms with van der Waals surface area (Å²) in [6.45, 7) is 0. The minimum atomic E-state index is -4.78. The monoisotopic (exact) mass is 633 g/mol. The summed E-state index contributed by atoms with van der Waals surface area (Å²) < 4.78 is 39.8. The van der Waals surface area contributed by atoms with E-state index in [-0.39, 0.29) is 28.6 Å². The first-order valence-electron chi connectivity index (χ1n) is 11.8. The average molecular weight is 634 g/mol. The van der Waals surface area contributed by atoms with Crippen molar-refractivity contribution in [1.29, 1.82) is 5.26 Å². The summed E-state index contributed by atoms with van der Waals surface area (Å²) in [5.74, 6) is -0.668. The molecule has 4 aromatic rings. The van der Waals surface area contributed by atoms with E-state index in [9.17, 15) is 33.0 Å². The number of aromatic hydroxyl groups is 2. The van der Waals surface area contributed by atoms with E-state index >= 15 is 0 Å². The number of carbonyl (C=O) groups excluding carboxylic acids is 2. The smallest absolute Gasteiger partial charge is 0.506 e. The molecule has 43 heavy (non-hydrogen) atoms. The number of anilines is 4. The molecule has 0 saturated carbocycles. The largest absolute Gasteiger partial charge is 0.573 e. The number of ether oxygens (including phenoxy) is 1. The van der Waals surface area contributed by atoms with Crippen molar-refractivity contribution in [3.63, 3.8) is 0 Å². The van der Waals surface area contributed by atoms with E-state index in [1.165, 1.54) is 48.5 Å². The van der Waals surface area contributed by atoms with Crippen LogP contribution >= 0.6 is 23.2 Å². The number of rotatable bonds is 5. The molecule has 0 spiro atoms. The molecule has 10 nitrogen and oxygen atoms in total. The van der Waals surface area contributed by atoms with Crippen LogP contribution in [-0.2, 0) is 0 Å². The number of hydrogen-bond acceptors (Lipinski definition) is 6. The van der Waals surface area contributed by atoms with Gasteiger partial charge in [-0.2, -0.15) is 5.26 Å². The second-order valence-electron chi connectivity index (χ2n) is 8.24. The second-order valence-corrected chi connectivity index (χ2v) is 9.12. The molecule has 4 rings (SSSR count).